The van der Waals surface area contributed by atoms with E-state index in [-0.39, 0.29) is 24.0 Å². The van der Waals surface area contributed by atoms with E-state index in [1.165, 1.54) is 0 Å². The summed E-state index contributed by atoms with van der Waals surface area (Å²) in [5.41, 5.74) is 3.18. The molecule has 0 aliphatic carbocycles. The lowest BCUT2D eigenvalue weighted by atomic mass is 10.1. The van der Waals surface area contributed by atoms with Gasteiger partial charge in [0.2, 0.25) is 0 Å². The van der Waals surface area contributed by atoms with Crippen LogP contribution < -0.4 is 15.4 Å². The third kappa shape index (κ3) is 5.29. The second kappa shape index (κ2) is 10.5. The number of imidazole rings is 1. The zero-order valence-electron chi connectivity index (χ0n) is 16.2. The molecule has 0 spiro atoms. The fourth-order valence-corrected chi connectivity index (χ4v) is 3.18. The minimum absolute atomic E-state index is 0. The molecule has 0 saturated carbocycles. The zero-order valence-corrected chi connectivity index (χ0v) is 19.3. The highest BCUT2D eigenvalue weighted by Gasteiger charge is 2.08. The van der Waals surface area contributed by atoms with E-state index in [1.807, 2.05) is 43.4 Å². The van der Waals surface area contributed by atoms with Gasteiger partial charge in [-0.3, -0.25) is 4.99 Å². The Hall–Kier alpha value is -2.00. The van der Waals surface area contributed by atoms with Crippen molar-refractivity contribution in [3.05, 3.63) is 58.9 Å². The first-order valence-electron chi connectivity index (χ1n) is 8.79. The van der Waals surface area contributed by atoms with Crippen LogP contribution in [-0.2, 0) is 20.0 Å². The summed E-state index contributed by atoms with van der Waals surface area (Å²) in [4.78, 5) is 8.93. The molecule has 0 aliphatic heterocycles. The minimum atomic E-state index is 0. The monoisotopic (exact) mass is 513 g/mol. The highest BCUT2D eigenvalue weighted by Crippen LogP contribution is 2.22. The Labute approximate surface area is 187 Å². The van der Waals surface area contributed by atoms with Gasteiger partial charge in [0.25, 0.3) is 0 Å². The van der Waals surface area contributed by atoms with E-state index in [9.17, 15) is 0 Å². The van der Waals surface area contributed by atoms with Gasteiger partial charge in [-0.15, -0.1) is 24.0 Å². The van der Waals surface area contributed by atoms with Crippen LogP contribution in [0.2, 0.25) is 5.02 Å². The molecule has 2 N–H and O–H groups in total. The summed E-state index contributed by atoms with van der Waals surface area (Å²) < 4.78 is 7.27. The molecule has 0 unspecified atom stereocenters. The van der Waals surface area contributed by atoms with Crippen molar-refractivity contribution in [2.75, 3.05) is 20.7 Å². The molecule has 0 bridgehead atoms. The first-order chi connectivity index (χ1) is 13.1. The van der Waals surface area contributed by atoms with E-state index in [0.29, 0.717) is 18.1 Å². The van der Waals surface area contributed by atoms with Crippen LogP contribution in [-0.4, -0.2) is 36.2 Å². The van der Waals surface area contributed by atoms with Crippen LogP contribution in [0.4, 0.5) is 0 Å². The molecular formula is C20H25ClIN5O. The van der Waals surface area contributed by atoms with E-state index in [2.05, 4.69) is 31.2 Å². The Morgan fingerprint density at radius 1 is 1.21 bits per heavy atom. The van der Waals surface area contributed by atoms with Crippen molar-refractivity contribution in [3.63, 3.8) is 0 Å². The smallest absolute Gasteiger partial charge is 0.191 e. The SMILES string of the molecule is CN=C(NCCc1ccc(OC)cc1Cl)NCc1nc2ccccc2n1C.I. The number of nitrogens with zero attached hydrogens (tertiary/aromatic N) is 3. The molecule has 0 radical (unpaired) electrons. The Kier molecular flexibility index (Phi) is 8.37. The number of guanidine groups is 1. The molecule has 3 aromatic rings. The Morgan fingerprint density at radius 2 is 2.00 bits per heavy atom. The number of halogens is 2. The molecule has 1 heterocycles. The largest absolute Gasteiger partial charge is 0.497 e. The summed E-state index contributed by atoms with van der Waals surface area (Å²) in [6, 6.07) is 13.8. The van der Waals surface area contributed by atoms with E-state index in [1.54, 1.807) is 14.2 Å². The van der Waals surface area contributed by atoms with Crippen molar-refractivity contribution in [1.82, 2.24) is 20.2 Å². The lowest BCUT2D eigenvalue weighted by Crippen LogP contribution is -2.38. The second-order valence-electron chi connectivity index (χ2n) is 6.14. The lowest BCUT2D eigenvalue weighted by molar-refractivity contribution is 0.414. The molecule has 2 aromatic carbocycles. The first kappa shape index (κ1) is 22.3. The van der Waals surface area contributed by atoms with Crippen LogP contribution in [0.1, 0.15) is 11.4 Å². The summed E-state index contributed by atoms with van der Waals surface area (Å²) in [6.07, 6.45) is 0.788. The topological polar surface area (TPSA) is 63.5 Å². The highest BCUT2D eigenvalue weighted by atomic mass is 127. The third-order valence-corrected chi connectivity index (χ3v) is 4.82. The van der Waals surface area contributed by atoms with Gasteiger partial charge < -0.3 is 19.9 Å². The van der Waals surface area contributed by atoms with Gasteiger partial charge in [0, 0.05) is 25.7 Å². The van der Waals surface area contributed by atoms with Gasteiger partial charge in [-0.05, 0) is 36.2 Å². The number of methoxy groups -OCH3 is 1. The van der Waals surface area contributed by atoms with Gasteiger partial charge in [-0.25, -0.2) is 4.98 Å². The highest BCUT2D eigenvalue weighted by molar-refractivity contribution is 14.0. The number of aliphatic imine (C=N–C) groups is 1. The van der Waals surface area contributed by atoms with E-state index >= 15 is 0 Å². The molecule has 0 amide bonds. The van der Waals surface area contributed by atoms with Gasteiger partial charge >= 0.3 is 0 Å². The molecule has 0 fully saturated rings. The first-order valence-corrected chi connectivity index (χ1v) is 9.17. The van der Waals surface area contributed by atoms with Gasteiger partial charge in [0.1, 0.15) is 11.6 Å². The molecule has 8 heteroatoms. The van der Waals surface area contributed by atoms with Crippen molar-refractivity contribution in [2.24, 2.45) is 12.0 Å². The van der Waals surface area contributed by atoms with Crippen LogP contribution in [0.5, 0.6) is 5.75 Å². The van der Waals surface area contributed by atoms with Crippen LogP contribution in [0.3, 0.4) is 0 Å². The number of rotatable bonds is 6. The molecule has 0 atom stereocenters. The maximum absolute atomic E-state index is 6.29. The quantitative estimate of drug-likeness (QED) is 0.299. The van der Waals surface area contributed by atoms with Crippen molar-refractivity contribution < 1.29 is 4.74 Å². The average molecular weight is 514 g/mol. The minimum Gasteiger partial charge on any atom is -0.497 e. The second-order valence-corrected chi connectivity index (χ2v) is 6.54. The fourth-order valence-electron chi connectivity index (χ4n) is 2.91. The molecular weight excluding hydrogens is 489 g/mol. The predicted molar refractivity (Wildman–Crippen MR) is 126 cm³/mol. The standard InChI is InChI=1S/C20H24ClN5O.HI/c1-22-20(23-11-10-14-8-9-15(27-3)12-16(14)21)24-13-19-25-17-6-4-5-7-18(17)26(19)2;/h4-9,12H,10-11,13H2,1-3H3,(H2,22,23,24);1H. The Bertz CT molecular complexity index is 957. The van der Waals surface area contributed by atoms with Crippen LogP contribution in [0, 0.1) is 0 Å². The van der Waals surface area contributed by atoms with E-state index < -0.39 is 0 Å². The summed E-state index contributed by atoms with van der Waals surface area (Å²) in [7, 11) is 5.41. The fraction of sp³-hybridized carbons (Fsp3) is 0.300. The molecule has 0 saturated heterocycles. The van der Waals surface area contributed by atoms with Crippen molar-refractivity contribution >= 4 is 52.6 Å². The van der Waals surface area contributed by atoms with Crippen LogP contribution in [0.25, 0.3) is 11.0 Å². The Morgan fingerprint density at radius 3 is 2.68 bits per heavy atom. The number of benzene rings is 2. The molecule has 3 rings (SSSR count). The van der Waals surface area contributed by atoms with Crippen LogP contribution in [0.15, 0.2) is 47.5 Å². The molecule has 0 aliphatic rings. The number of nitrogens with one attached hydrogen (secondary N) is 2. The van der Waals surface area contributed by atoms with Crippen molar-refractivity contribution in [3.8, 4) is 5.75 Å². The van der Waals surface area contributed by atoms with Crippen molar-refractivity contribution in [2.45, 2.75) is 13.0 Å². The average Bonchev–Trinajstić information content (AvgIpc) is 3.01. The maximum Gasteiger partial charge on any atom is 0.191 e. The third-order valence-electron chi connectivity index (χ3n) is 4.46. The summed E-state index contributed by atoms with van der Waals surface area (Å²) in [5.74, 6) is 2.45. The summed E-state index contributed by atoms with van der Waals surface area (Å²) in [5, 5.41) is 7.33. The predicted octanol–water partition coefficient (Wildman–Crippen LogP) is 3.76. The van der Waals surface area contributed by atoms with E-state index in [0.717, 1.165) is 40.6 Å². The summed E-state index contributed by atoms with van der Waals surface area (Å²) >= 11 is 6.29. The number of hydrogen-bond donors (Lipinski definition) is 2. The number of ether oxygens (including phenoxy) is 1. The van der Waals surface area contributed by atoms with Crippen LogP contribution >= 0.6 is 35.6 Å². The number of aryl methyl sites for hydroxylation is 1. The maximum atomic E-state index is 6.29. The normalized spacial score (nSPS) is 11.2. The molecule has 1 aromatic heterocycles. The number of hydrogen-bond acceptors (Lipinski definition) is 3. The molecule has 6 nitrogen and oxygen atoms in total. The van der Waals surface area contributed by atoms with Gasteiger partial charge in [0.15, 0.2) is 5.96 Å². The van der Waals surface area contributed by atoms with Gasteiger partial charge in [0.05, 0.1) is 24.7 Å². The van der Waals surface area contributed by atoms with E-state index in [4.69, 9.17) is 16.3 Å². The number of aromatic nitrogens is 2. The summed E-state index contributed by atoms with van der Waals surface area (Å²) in [6.45, 7) is 1.31. The van der Waals surface area contributed by atoms with Crippen molar-refractivity contribution in [1.29, 1.82) is 0 Å². The number of para-hydroxylation sites is 2. The lowest BCUT2D eigenvalue weighted by Gasteiger charge is -2.12. The molecule has 28 heavy (non-hydrogen) atoms. The number of fused-ring (bicyclic) bond motifs is 1. The van der Waals surface area contributed by atoms with Gasteiger partial charge in [-0.1, -0.05) is 29.8 Å². The Balaban J connectivity index is 0.00000280. The zero-order chi connectivity index (χ0) is 19.2. The molecule has 150 valence electrons. The van der Waals surface area contributed by atoms with Gasteiger partial charge in [-0.2, -0.15) is 0 Å².